The maximum Gasteiger partial charge on any atom is 0.303 e. The van der Waals surface area contributed by atoms with Crippen LogP contribution in [0.4, 0.5) is 0 Å². The standard InChI is InChI=1S/C14H17N3O8S/c1-6(18)23-9-5-22-13(17-14(26)16-10(21)4-15-17)12(25-8(3)20)11(9)24-7(2)19/h4,9,11-13H,5H2,1-3H3,(H,16,21,26)/t9-,11+,12+,13+/m0/s1. The Kier molecular flexibility index (Phi) is 6.21. The van der Waals surface area contributed by atoms with Gasteiger partial charge in [-0.2, -0.15) is 5.10 Å². The van der Waals surface area contributed by atoms with Crippen LogP contribution in [0.5, 0.6) is 0 Å². The molecule has 0 saturated carbocycles. The summed E-state index contributed by atoms with van der Waals surface area (Å²) in [5.74, 6) is -2.00. The van der Waals surface area contributed by atoms with Gasteiger partial charge in [0.15, 0.2) is 29.3 Å². The minimum Gasteiger partial charge on any atom is -0.456 e. The van der Waals surface area contributed by atoms with Crippen molar-refractivity contribution < 1.29 is 33.3 Å². The van der Waals surface area contributed by atoms with Crippen molar-refractivity contribution in [3.8, 4) is 0 Å². The summed E-state index contributed by atoms with van der Waals surface area (Å²) in [7, 11) is 0. The van der Waals surface area contributed by atoms with E-state index in [1.54, 1.807) is 0 Å². The van der Waals surface area contributed by atoms with Gasteiger partial charge in [-0.3, -0.25) is 24.2 Å². The highest BCUT2D eigenvalue weighted by Crippen LogP contribution is 2.30. The SMILES string of the molecule is CC(=O)O[C@@H]1[C@H](OC(C)=O)[C@@H](OC(C)=O)CO[C@H]1n1ncc(=O)[nH]c1=S. The molecule has 142 valence electrons. The van der Waals surface area contributed by atoms with Crippen LogP contribution in [0.15, 0.2) is 11.0 Å². The molecule has 0 aromatic carbocycles. The molecule has 4 atom stereocenters. The smallest absolute Gasteiger partial charge is 0.303 e. The molecule has 1 aromatic rings. The number of carbonyl (C=O) groups is 3. The van der Waals surface area contributed by atoms with E-state index in [0.29, 0.717) is 0 Å². The second-order valence-electron chi connectivity index (χ2n) is 5.40. The fourth-order valence-corrected chi connectivity index (χ4v) is 2.73. The summed E-state index contributed by atoms with van der Waals surface area (Å²) in [6.45, 7) is 3.31. The quantitative estimate of drug-likeness (QED) is 0.413. The summed E-state index contributed by atoms with van der Waals surface area (Å²) in [4.78, 5) is 48.0. The van der Waals surface area contributed by atoms with Gasteiger partial charge in [0, 0.05) is 20.8 Å². The topological polar surface area (TPSA) is 139 Å². The highest BCUT2D eigenvalue weighted by molar-refractivity contribution is 7.71. The lowest BCUT2D eigenvalue weighted by Crippen LogP contribution is -2.56. The van der Waals surface area contributed by atoms with E-state index in [-0.39, 0.29) is 11.4 Å². The van der Waals surface area contributed by atoms with E-state index in [9.17, 15) is 19.2 Å². The molecule has 1 saturated heterocycles. The van der Waals surface area contributed by atoms with Crippen molar-refractivity contribution in [2.24, 2.45) is 0 Å². The molecule has 1 aliphatic heterocycles. The lowest BCUT2D eigenvalue weighted by Gasteiger charge is -2.40. The van der Waals surface area contributed by atoms with Crippen LogP contribution in [0.1, 0.15) is 27.0 Å². The Morgan fingerprint density at radius 3 is 2.27 bits per heavy atom. The fourth-order valence-electron chi connectivity index (χ4n) is 2.48. The van der Waals surface area contributed by atoms with Crippen molar-refractivity contribution >= 4 is 30.1 Å². The second-order valence-corrected chi connectivity index (χ2v) is 5.79. The minimum atomic E-state index is -1.22. The maximum absolute atomic E-state index is 11.5. The maximum atomic E-state index is 11.5. The van der Waals surface area contributed by atoms with E-state index in [2.05, 4.69) is 10.1 Å². The molecule has 11 nitrogen and oxygen atoms in total. The van der Waals surface area contributed by atoms with E-state index >= 15 is 0 Å². The molecule has 1 aliphatic rings. The molecule has 0 spiro atoms. The Morgan fingerprint density at radius 1 is 1.15 bits per heavy atom. The number of hydrogen-bond acceptors (Lipinski definition) is 10. The van der Waals surface area contributed by atoms with Crippen molar-refractivity contribution in [2.45, 2.75) is 45.3 Å². The predicted molar refractivity (Wildman–Crippen MR) is 85.3 cm³/mol. The number of ether oxygens (including phenoxy) is 4. The van der Waals surface area contributed by atoms with Crippen molar-refractivity contribution in [3.05, 3.63) is 21.3 Å². The molecular formula is C14H17N3O8S. The second kappa shape index (κ2) is 8.19. The molecule has 0 unspecified atom stereocenters. The predicted octanol–water partition coefficient (Wildman–Crippen LogP) is -0.375. The van der Waals surface area contributed by atoms with E-state index in [1.165, 1.54) is 6.92 Å². The molecule has 2 heterocycles. The van der Waals surface area contributed by atoms with E-state index in [0.717, 1.165) is 24.7 Å². The third kappa shape index (κ3) is 4.73. The van der Waals surface area contributed by atoms with Gasteiger partial charge in [-0.15, -0.1) is 0 Å². The lowest BCUT2D eigenvalue weighted by atomic mass is 10.0. The average Bonchev–Trinajstić information content (AvgIpc) is 2.50. The Hall–Kier alpha value is -2.60. The zero-order chi connectivity index (χ0) is 19.4. The Morgan fingerprint density at radius 2 is 1.73 bits per heavy atom. The fraction of sp³-hybridized carbons (Fsp3) is 0.571. The largest absolute Gasteiger partial charge is 0.456 e. The molecule has 1 fully saturated rings. The minimum absolute atomic E-state index is 0.0906. The van der Waals surface area contributed by atoms with Crippen LogP contribution < -0.4 is 5.56 Å². The molecule has 0 radical (unpaired) electrons. The monoisotopic (exact) mass is 387 g/mol. The zero-order valence-corrected chi connectivity index (χ0v) is 15.0. The first-order valence-electron chi connectivity index (χ1n) is 7.50. The zero-order valence-electron chi connectivity index (χ0n) is 14.2. The summed E-state index contributed by atoms with van der Waals surface area (Å²) in [6, 6.07) is 0. The molecule has 2 rings (SSSR count). The van der Waals surface area contributed by atoms with Gasteiger partial charge in [0.2, 0.25) is 0 Å². The highest BCUT2D eigenvalue weighted by atomic mass is 32.1. The van der Waals surface area contributed by atoms with Crippen molar-refractivity contribution in [1.82, 2.24) is 14.8 Å². The Labute approximate surface area is 152 Å². The van der Waals surface area contributed by atoms with Crippen LogP contribution in [-0.2, 0) is 33.3 Å². The number of nitrogens with zero attached hydrogens (tertiary/aromatic N) is 2. The Balaban J connectivity index is 2.46. The summed E-state index contributed by atoms with van der Waals surface area (Å²) >= 11 is 5.04. The van der Waals surface area contributed by atoms with Gasteiger partial charge in [-0.25, -0.2) is 4.68 Å². The lowest BCUT2D eigenvalue weighted by molar-refractivity contribution is -0.242. The normalized spacial score (nSPS) is 25.2. The van der Waals surface area contributed by atoms with Gasteiger partial charge in [-0.05, 0) is 12.2 Å². The number of nitrogens with one attached hydrogen (secondary N) is 1. The van der Waals surface area contributed by atoms with Crippen LogP contribution in [0, 0.1) is 4.77 Å². The van der Waals surface area contributed by atoms with Crippen LogP contribution in [0.25, 0.3) is 0 Å². The van der Waals surface area contributed by atoms with Gasteiger partial charge in [0.05, 0.1) is 6.61 Å². The number of carbonyl (C=O) groups excluding carboxylic acids is 3. The summed E-state index contributed by atoms with van der Waals surface area (Å²) in [5.41, 5.74) is -0.527. The molecule has 0 bridgehead atoms. The number of hydrogen-bond donors (Lipinski definition) is 1. The Bertz CT molecular complexity index is 819. The van der Waals surface area contributed by atoms with Crippen LogP contribution >= 0.6 is 12.2 Å². The number of H-pyrrole nitrogens is 1. The van der Waals surface area contributed by atoms with E-state index in [1.807, 2.05) is 0 Å². The number of esters is 3. The van der Waals surface area contributed by atoms with Crippen molar-refractivity contribution in [2.75, 3.05) is 6.61 Å². The number of aromatic nitrogens is 3. The van der Waals surface area contributed by atoms with Crippen molar-refractivity contribution in [1.29, 1.82) is 0 Å². The molecule has 0 aliphatic carbocycles. The molecule has 1 aromatic heterocycles. The molecular weight excluding hydrogens is 370 g/mol. The van der Waals surface area contributed by atoms with Gasteiger partial charge in [0.25, 0.3) is 5.56 Å². The average molecular weight is 387 g/mol. The third-order valence-corrected chi connectivity index (χ3v) is 3.59. The summed E-state index contributed by atoms with van der Waals surface area (Å²) in [5, 5.41) is 3.86. The van der Waals surface area contributed by atoms with Gasteiger partial charge in [-0.1, -0.05) is 0 Å². The van der Waals surface area contributed by atoms with E-state index in [4.69, 9.17) is 31.2 Å². The van der Waals surface area contributed by atoms with Crippen LogP contribution in [-0.4, -0.2) is 57.6 Å². The molecule has 1 N–H and O–H groups in total. The number of rotatable bonds is 4. The van der Waals surface area contributed by atoms with Gasteiger partial charge >= 0.3 is 17.9 Å². The van der Waals surface area contributed by atoms with E-state index < -0.39 is 48.0 Å². The van der Waals surface area contributed by atoms with Gasteiger partial charge < -0.3 is 18.9 Å². The summed E-state index contributed by atoms with van der Waals surface area (Å²) in [6.07, 6.45) is -3.54. The van der Waals surface area contributed by atoms with Crippen molar-refractivity contribution in [3.63, 3.8) is 0 Å². The molecule has 0 amide bonds. The van der Waals surface area contributed by atoms with Gasteiger partial charge in [0.1, 0.15) is 6.20 Å². The highest BCUT2D eigenvalue weighted by Gasteiger charge is 2.48. The third-order valence-electron chi connectivity index (χ3n) is 3.30. The molecule has 12 heteroatoms. The van der Waals surface area contributed by atoms with Crippen LogP contribution in [0.2, 0.25) is 0 Å². The first-order valence-corrected chi connectivity index (χ1v) is 7.91. The summed E-state index contributed by atoms with van der Waals surface area (Å²) < 4.78 is 22.2. The molecule has 26 heavy (non-hydrogen) atoms. The first-order chi connectivity index (χ1) is 12.2. The number of aromatic amines is 1. The van der Waals surface area contributed by atoms with Crippen LogP contribution in [0.3, 0.4) is 0 Å². The first kappa shape index (κ1) is 19.7.